The van der Waals surface area contributed by atoms with E-state index in [2.05, 4.69) is 40.5 Å². The lowest BCUT2D eigenvalue weighted by Crippen LogP contribution is -2.43. The standard InChI is InChI=1S/C18H25N5OS/c1-4-23-17(15-5-7-19-8-6-15)20-21-18(23)25-12-16(24)22-10-13(2)9-14(3)11-22/h5-8,13-14H,4,9-12H2,1-3H3/t13-,14+. The number of carbonyl (C=O) groups is 1. The average molecular weight is 359 g/mol. The Bertz CT molecular complexity index is 708. The Kier molecular flexibility index (Phi) is 5.73. The molecule has 0 aliphatic carbocycles. The van der Waals surface area contributed by atoms with E-state index in [1.165, 1.54) is 18.2 Å². The number of hydrogen-bond acceptors (Lipinski definition) is 5. The molecule has 0 radical (unpaired) electrons. The minimum Gasteiger partial charge on any atom is -0.341 e. The maximum absolute atomic E-state index is 12.6. The number of thioether (sulfide) groups is 1. The first-order chi connectivity index (χ1) is 12.1. The van der Waals surface area contributed by atoms with Crippen molar-refractivity contribution in [1.29, 1.82) is 0 Å². The molecule has 6 nitrogen and oxygen atoms in total. The van der Waals surface area contributed by atoms with Crippen molar-refractivity contribution in [2.45, 2.75) is 38.9 Å². The minimum atomic E-state index is 0.194. The zero-order valence-electron chi connectivity index (χ0n) is 15.1. The fraction of sp³-hybridized carbons (Fsp3) is 0.556. The molecule has 25 heavy (non-hydrogen) atoms. The smallest absolute Gasteiger partial charge is 0.233 e. The van der Waals surface area contributed by atoms with Gasteiger partial charge in [-0.15, -0.1) is 10.2 Å². The minimum absolute atomic E-state index is 0.194. The summed E-state index contributed by atoms with van der Waals surface area (Å²) in [4.78, 5) is 18.6. The van der Waals surface area contributed by atoms with E-state index in [0.29, 0.717) is 17.6 Å². The Morgan fingerprint density at radius 1 is 1.20 bits per heavy atom. The number of nitrogens with zero attached hydrogens (tertiary/aromatic N) is 5. The zero-order valence-corrected chi connectivity index (χ0v) is 15.9. The Labute approximate surface area is 153 Å². The number of hydrogen-bond donors (Lipinski definition) is 0. The molecule has 1 aliphatic heterocycles. The Morgan fingerprint density at radius 2 is 1.88 bits per heavy atom. The van der Waals surface area contributed by atoms with Gasteiger partial charge in [0.25, 0.3) is 0 Å². The van der Waals surface area contributed by atoms with Gasteiger partial charge in [0.15, 0.2) is 11.0 Å². The molecule has 0 N–H and O–H groups in total. The lowest BCUT2D eigenvalue weighted by Gasteiger charge is -2.34. The van der Waals surface area contributed by atoms with Crippen molar-refractivity contribution in [2.75, 3.05) is 18.8 Å². The Hall–Kier alpha value is -1.89. The Balaban J connectivity index is 1.67. The molecule has 0 unspecified atom stereocenters. The van der Waals surface area contributed by atoms with E-state index in [0.717, 1.165) is 36.2 Å². The van der Waals surface area contributed by atoms with Gasteiger partial charge in [0, 0.05) is 37.6 Å². The summed E-state index contributed by atoms with van der Waals surface area (Å²) in [5, 5.41) is 9.40. The molecular formula is C18H25N5OS. The maximum Gasteiger partial charge on any atom is 0.233 e. The molecule has 3 rings (SSSR count). The first-order valence-electron chi connectivity index (χ1n) is 8.82. The van der Waals surface area contributed by atoms with Crippen LogP contribution in [-0.2, 0) is 11.3 Å². The first kappa shape index (κ1) is 17.9. The van der Waals surface area contributed by atoms with Crippen molar-refractivity contribution in [3.8, 4) is 11.4 Å². The van der Waals surface area contributed by atoms with E-state index < -0.39 is 0 Å². The highest BCUT2D eigenvalue weighted by molar-refractivity contribution is 7.99. The molecule has 7 heteroatoms. The van der Waals surface area contributed by atoms with Gasteiger partial charge >= 0.3 is 0 Å². The van der Waals surface area contributed by atoms with Crippen LogP contribution in [0.1, 0.15) is 27.2 Å². The summed E-state index contributed by atoms with van der Waals surface area (Å²) in [5.41, 5.74) is 0.987. The van der Waals surface area contributed by atoms with Crippen LogP contribution in [0.2, 0.25) is 0 Å². The van der Waals surface area contributed by atoms with E-state index in [4.69, 9.17) is 0 Å². The van der Waals surface area contributed by atoms with Crippen LogP contribution in [-0.4, -0.2) is 49.4 Å². The van der Waals surface area contributed by atoms with Gasteiger partial charge in [-0.3, -0.25) is 9.78 Å². The second-order valence-electron chi connectivity index (χ2n) is 6.82. The van der Waals surface area contributed by atoms with Crippen LogP contribution in [0.4, 0.5) is 0 Å². The highest BCUT2D eigenvalue weighted by Gasteiger charge is 2.25. The summed E-state index contributed by atoms with van der Waals surface area (Å²) in [5.74, 6) is 2.58. The second-order valence-corrected chi connectivity index (χ2v) is 7.76. The van der Waals surface area contributed by atoms with Gasteiger partial charge in [0.05, 0.1) is 5.75 Å². The number of likely N-dealkylation sites (tertiary alicyclic amines) is 1. The fourth-order valence-corrected chi connectivity index (χ4v) is 4.38. The van der Waals surface area contributed by atoms with Crippen molar-refractivity contribution in [2.24, 2.45) is 11.8 Å². The largest absolute Gasteiger partial charge is 0.341 e. The SMILES string of the molecule is CCn1c(SCC(=O)N2C[C@H](C)C[C@H](C)C2)nnc1-c1ccncc1. The summed E-state index contributed by atoms with van der Waals surface area (Å²) in [6, 6.07) is 3.85. The van der Waals surface area contributed by atoms with Gasteiger partial charge in [0.2, 0.25) is 5.91 Å². The molecule has 134 valence electrons. The lowest BCUT2D eigenvalue weighted by atomic mass is 9.92. The van der Waals surface area contributed by atoms with Crippen molar-refractivity contribution >= 4 is 17.7 Å². The van der Waals surface area contributed by atoms with E-state index in [1.807, 2.05) is 17.0 Å². The molecule has 0 aromatic carbocycles. The van der Waals surface area contributed by atoms with E-state index in [1.54, 1.807) is 12.4 Å². The first-order valence-corrected chi connectivity index (χ1v) is 9.81. The van der Waals surface area contributed by atoms with Crippen molar-refractivity contribution in [3.63, 3.8) is 0 Å². The summed E-state index contributed by atoms with van der Waals surface area (Å²) in [6.07, 6.45) is 4.70. The second kappa shape index (κ2) is 7.99. The van der Waals surface area contributed by atoms with Crippen LogP contribution in [0.3, 0.4) is 0 Å². The van der Waals surface area contributed by atoms with Crippen LogP contribution >= 0.6 is 11.8 Å². The highest BCUT2D eigenvalue weighted by atomic mass is 32.2. The van der Waals surface area contributed by atoms with E-state index in [9.17, 15) is 4.79 Å². The number of rotatable bonds is 5. The molecule has 0 bridgehead atoms. The summed E-state index contributed by atoms with van der Waals surface area (Å²) >= 11 is 1.47. The molecular weight excluding hydrogens is 334 g/mol. The van der Waals surface area contributed by atoms with Crippen molar-refractivity contribution in [3.05, 3.63) is 24.5 Å². The molecule has 1 fully saturated rings. The van der Waals surface area contributed by atoms with Gasteiger partial charge in [-0.1, -0.05) is 25.6 Å². The monoisotopic (exact) mass is 359 g/mol. The average Bonchev–Trinajstić information content (AvgIpc) is 3.02. The molecule has 0 spiro atoms. The quantitative estimate of drug-likeness (QED) is 0.768. The van der Waals surface area contributed by atoms with Crippen molar-refractivity contribution < 1.29 is 4.79 Å². The van der Waals surface area contributed by atoms with Gasteiger partial charge in [-0.2, -0.15) is 0 Å². The van der Waals surface area contributed by atoms with Gasteiger partial charge in [0.1, 0.15) is 0 Å². The third-order valence-corrected chi connectivity index (χ3v) is 5.47. The van der Waals surface area contributed by atoms with Gasteiger partial charge in [-0.25, -0.2) is 0 Å². The topological polar surface area (TPSA) is 63.9 Å². The Morgan fingerprint density at radius 3 is 2.52 bits per heavy atom. The zero-order chi connectivity index (χ0) is 17.8. The number of piperidine rings is 1. The number of carbonyl (C=O) groups excluding carboxylic acids is 1. The molecule has 1 aliphatic rings. The molecule has 2 aromatic rings. The van der Waals surface area contributed by atoms with Crippen LogP contribution in [0.15, 0.2) is 29.7 Å². The number of amides is 1. The summed E-state index contributed by atoms with van der Waals surface area (Å²) < 4.78 is 2.05. The number of aromatic nitrogens is 4. The number of pyridine rings is 1. The molecule has 1 amide bonds. The van der Waals surface area contributed by atoms with E-state index in [-0.39, 0.29) is 5.91 Å². The van der Waals surface area contributed by atoms with Crippen LogP contribution in [0, 0.1) is 11.8 Å². The van der Waals surface area contributed by atoms with Gasteiger partial charge in [-0.05, 0) is 37.3 Å². The van der Waals surface area contributed by atoms with Gasteiger partial charge < -0.3 is 9.47 Å². The normalized spacial score (nSPS) is 20.7. The predicted octanol–water partition coefficient (Wildman–Crippen LogP) is 2.96. The van der Waals surface area contributed by atoms with Crippen LogP contribution in [0.25, 0.3) is 11.4 Å². The summed E-state index contributed by atoms with van der Waals surface area (Å²) in [7, 11) is 0. The summed E-state index contributed by atoms with van der Waals surface area (Å²) in [6.45, 7) is 9.00. The van der Waals surface area contributed by atoms with E-state index >= 15 is 0 Å². The molecule has 2 atom stereocenters. The predicted molar refractivity (Wildman–Crippen MR) is 99.2 cm³/mol. The van der Waals surface area contributed by atoms with Crippen molar-refractivity contribution in [1.82, 2.24) is 24.6 Å². The lowest BCUT2D eigenvalue weighted by molar-refractivity contribution is -0.130. The molecule has 2 aromatic heterocycles. The fourth-order valence-electron chi connectivity index (χ4n) is 3.48. The molecule has 3 heterocycles. The van der Waals surface area contributed by atoms with Crippen LogP contribution < -0.4 is 0 Å². The molecule has 0 saturated carbocycles. The maximum atomic E-state index is 12.6. The van der Waals surface area contributed by atoms with Crippen LogP contribution in [0.5, 0.6) is 0 Å². The molecule has 1 saturated heterocycles. The third kappa shape index (κ3) is 4.21. The third-order valence-electron chi connectivity index (χ3n) is 4.52. The highest BCUT2D eigenvalue weighted by Crippen LogP contribution is 2.25.